The lowest BCUT2D eigenvalue weighted by molar-refractivity contribution is 0.143. The van der Waals surface area contributed by atoms with Crippen LogP contribution in [-0.2, 0) is 9.47 Å². The maximum atomic E-state index is 6.56. The van der Waals surface area contributed by atoms with Crippen LogP contribution in [0.4, 0.5) is 34.1 Å². The maximum absolute atomic E-state index is 6.56. The number of fused-ring (bicyclic) bond motifs is 16. The molecule has 6 aliphatic heterocycles. The summed E-state index contributed by atoms with van der Waals surface area (Å²) in [5.41, 5.74) is 25.0. The van der Waals surface area contributed by atoms with Crippen molar-refractivity contribution in [3.63, 3.8) is 0 Å². The van der Waals surface area contributed by atoms with Crippen molar-refractivity contribution in [3.8, 4) is 0 Å². The van der Waals surface area contributed by atoms with E-state index in [2.05, 4.69) is 246 Å². The van der Waals surface area contributed by atoms with Gasteiger partial charge in [0, 0.05) is 55.9 Å². The molecule has 8 aromatic rings. The van der Waals surface area contributed by atoms with Crippen LogP contribution in [0.15, 0.2) is 194 Å². The van der Waals surface area contributed by atoms with Crippen molar-refractivity contribution in [3.05, 3.63) is 250 Å². The third kappa shape index (κ3) is 6.04. The molecule has 8 aromatic carbocycles. The van der Waals surface area contributed by atoms with Crippen LogP contribution >= 0.6 is 0 Å². The van der Waals surface area contributed by atoms with Crippen LogP contribution in [0.1, 0.15) is 55.6 Å². The Kier molecular flexibility index (Phi) is 9.38. The maximum Gasteiger partial charge on any atom is 0.180 e. The van der Waals surface area contributed by atoms with E-state index in [9.17, 15) is 0 Å². The van der Waals surface area contributed by atoms with Crippen LogP contribution in [-0.4, -0.2) is 32.5 Å². The van der Waals surface area contributed by atoms with Gasteiger partial charge in [0.25, 0.3) is 0 Å². The van der Waals surface area contributed by atoms with Crippen LogP contribution in [0.3, 0.4) is 0 Å². The van der Waals surface area contributed by atoms with Gasteiger partial charge in [0.2, 0.25) is 0 Å². The van der Waals surface area contributed by atoms with Gasteiger partial charge in [0.05, 0.1) is 22.7 Å². The first-order valence-corrected chi connectivity index (χ1v) is 27.2. The molecule has 0 spiro atoms. The number of para-hydroxylation sites is 4. The molecule has 4 bridgehead atoms. The minimum atomic E-state index is -3.14. The molecular formula is C66H54N2O2Si. The highest BCUT2D eigenvalue weighted by Crippen LogP contribution is 2.56. The van der Waals surface area contributed by atoms with Gasteiger partial charge in [-0.2, -0.15) is 0 Å². The van der Waals surface area contributed by atoms with E-state index >= 15 is 0 Å². The van der Waals surface area contributed by atoms with Gasteiger partial charge in [0.15, 0.2) is 8.07 Å². The molecule has 0 radical (unpaired) electrons. The van der Waals surface area contributed by atoms with Crippen molar-refractivity contribution in [1.29, 1.82) is 0 Å². The molecule has 6 heterocycles. The molecule has 0 saturated heterocycles. The molecule has 4 unspecified atom stereocenters. The lowest BCUT2D eigenvalue weighted by atomic mass is 9.87. The van der Waals surface area contributed by atoms with Gasteiger partial charge < -0.3 is 19.3 Å². The predicted octanol–water partition coefficient (Wildman–Crippen LogP) is 13.0. The van der Waals surface area contributed by atoms with Gasteiger partial charge in [-0.1, -0.05) is 179 Å². The van der Waals surface area contributed by atoms with E-state index in [1.54, 1.807) is 0 Å². The molecule has 6 aliphatic rings. The molecule has 0 fully saturated rings. The summed E-state index contributed by atoms with van der Waals surface area (Å²) in [6, 6.07) is 64.8. The number of rotatable bonds is 6. The minimum absolute atomic E-state index is 0.0465. The number of hydrogen-bond donors (Lipinski definition) is 0. The van der Waals surface area contributed by atoms with Crippen LogP contribution in [0, 0.1) is 41.5 Å². The molecule has 0 aromatic heterocycles. The molecule has 0 amide bonds. The van der Waals surface area contributed by atoms with Crippen molar-refractivity contribution in [1.82, 2.24) is 0 Å². The highest BCUT2D eigenvalue weighted by atomic mass is 28.3. The van der Waals surface area contributed by atoms with Crippen molar-refractivity contribution >= 4 is 85.2 Å². The number of nitrogens with zero attached hydrogens (tertiary/aromatic N) is 2. The zero-order valence-electron chi connectivity index (χ0n) is 41.0. The Morgan fingerprint density at radius 1 is 0.338 bits per heavy atom. The third-order valence-electron chi connectivity index (χ3n) is 16.2. The second-order valence-corrected chi connectivity index (χ2v) is 24.2. The Morgan fingerprint density at radius 3 is 0.887 bits per heavy atom. The van der Waals surface area contributed by atoms with Crippen molar-refractivity contribution in [2.24, 2.45) is 0 Å². The number of hydrogen-bond acceptors (Lipinski definition) is 4. The van der Waals surface area contributed by atoms with Crippen LogP contribution in [0.2, 0.25) is 0 Å². The molecule has 5 heteroatoms. The second kappa shape index (κ2) is 15.7. The zero-order valence-corrected chi connectivity index (χ0v) is 42.0. The number of ether oxygens (including phenoxy) is 2. The first-order valence-electron chi connectivity index (χ1n) is 25.2. The molecular weight excluding hydrogens is 881 g/mol. The topological polar surface area (TPSA) is 24.9 Å². The standard InChI is InChI=1S/C66H54N2O2Si/c1-39-35-41(3)65(42(4)36-39)71(66-43(5)37-40(2)38-44(66)6,47-27-23-45(24-28-47)67-53-19-11-7-15-49(53)61-57-31-32-58(69-57)62(61)50-16-8-12-20-54(50)67)48-29-25-46(26-30-48)68-55-21-13-9-17-51(55)63-59-33-34-60(70-59)64(63)52-18-10-14-22-56(52)68/h7-38,57-60H,1-6H3. The monoisotopic (exact) mass is 934 g/mol. The lowest BCUT2D eigenvalue weighted by Crippen LogP contribution is -2.77. The zero-order chi connectivity index (χ0) is 47.9. The Morgan fingerprint density at radius 2 is 0.606 bits per heavy atom. The Labute approximate surface area is 418 Å². The fourth-order valence-corrected chi connectivity index (χ4v) is 19.6. The van der Waals surface area contributed by atoms with Crippen LogP contribution in [0.5, 0.6) is 0 Å². The Hall–Kier alpha value is -7.54. The summed E-state index contributed by atoms with van der Waals surface area (Å²) in [5, 5.41) is 5.64. The second-order valence-electron chi connectivity index (χ2n) is 20.5. The molecule has 0 N–H and O–H groups in total. The summed E-state index contributed by atoms with van der Waals surface area (Å²) in [5.74, 6) is 0. The van der Waals surface area contributed by atoms with E-state index in [-0.39, 0.29) is 24.4 Å². The summed E-state index contributed by atoms with van der Waals surface area (Å²) < 4.78 is 13.1. The first kappa shape index (κ1) is 42.3. The quantitative estimate of drug-likeness (QED) is 0.0942. The van der Waals surface area contributed by atoms with E-state index in [1.807, 2.05) is 0 Å². The molecule has 14 rings (SSSR count). The van der Waals surface area contributed by atoms with E-state index in [0.29, 0.717) is 0 Å². The predicted molar refractivity (Wildman–Crippen MR) is 297 cm³/mol. The normalized spacial score (nSPS) is 19.9. The van der Waals surface area contributed by atoms with Crippen LogP contribution < -0.4 is 30.5 Å². The van der Waals surface area contributed by atoms with E-state index in [4.69, 9.17) is 9.47 Å². The fraction of sp³-hybridized carbons (Fsp3) is 0.152. The van der Waals surface area contributed by atoms with Crippen molar-refractivity contribution in [2.45, 2.75) is 66.0 Å². The SMILES string of the molecule is Cc1cc(C)c([Si](c2ccc(N3c4ccccc4C4=C(c5ccccc53)C3C=CC4O3)cc2)(c2ccc(N3c4ccccc4C4=C(c5ccccc53)C3C=CC4O3)cc2)c2c(C)cc(C)cc2C)c(C)c1. The molecule has 344 valence electrons. The first-order chi connectivity index (χ1) is 34.7. The molecule has 71 heavy (non-hydrogen) atoms. The average molecular weight is 935 g/mol. The number of benzene rings is 8. The third-order valence-corrected chi connectivity index (χ3v) is 21.7. The average Bonchev–Trinajstić information content (AvgIpc) is 4.18. The van der Waals surface area contributed by atoms with Gasteiger partial charge in [-0.05, 0) is 111 Å². The fourth-order valence-electron chi connectivity index (χ4n) is 13.9. The highest BCUT2D eigenvalue weighted by molar-refractivity contribution is 7.20. The van der Waals surface area contributed by atoms with Gasteiger partial charge in [-0.15, -0.1) is 0 Å². The largest absolute Gasteiger partial charge is 0.357 e. The van der Waals surface area contributed by atoms with Crippen LogP contribution in [0.25, 0.3) is 22.3 Å². The minimum Gasteiger partial charge on any atom is -0.357 e. The van der Waals surface area contributed by atoms with Crippen molar-refractivity contribution < 1.29 is 9.47 Å². The van der Waals surface area contributed by atoms with E-state index in [0.717, 1.165) is 11.4 Å². The van der Waals surface area contributed by atoms with Gasteiger partial charge in [-0.25, -0.2) is 0 Å². The highest BCUT2D eigenvalue weighted by Gasteiger charge is 2.47. The van der Waals surface area contributed by atoms with Gasteiger partial charge in [-0.3, -0.25) is 0 Å². The van der Waals surface area contributed by atoms with E-state index < -0.39 is 8.07 Å². The molecule has 4 nitrogen and oxygen atoms in total. The van der Waals surface area contributed by atoms with Gasteiger partial charge in [0.1, 0.15) is 24.4 Å². The molecule has 0 aliphatic carbocycles. The number of anilines is 6. The Bertz CT molecular complexity index is 3290. The summed E-state index contributed by atoms with van der Waals surface area (Å²) in [6.45, 7) is 13.9. The Balaban J connectivity index is 0.986. The van der Waals surface area contributed by atoms with E-state index in [1.165, 1.54) is 121 Å². The van der Waals surface area contributed by atoms with Gasteiger partial charge >= 0.3 is 0 Å². The summed E-state index contributed by atoms with van der Waals surface area (Å²) in [4.78, 5) is 4.98. The smallest absolute Gasteiger partial charge is 0.180 e. The van der Waals surface area contributed by atoms with Crippen molar-refractivity contribution in [2.75, 3.05) is 9.80 Å². The molecule has 4 atom stereocenters. The summed E-state index contributed by atoms with van der Waals surface area (Å²) in [6.07, 6.45) is 8.75. The molecule has 0 saturated carbocycles. The summed E-state index contributed by atoms with van der Waals surface area (Å²) in [7, 11) is -3.14. The summed E-state index contributed by atoms with van der Waals surface area (Å²) >= 11 is 0. The number of aryl methyl sites for hydroxylation is 6. The lowest BCUT2D eigenvalue weighted by Gasteiger charge is -2.40.